The maximum Gasteiger partial charge on any atom is 0.262 e. The van der Waals surface area contributed by atoms with E-state index in [0.717, 1.165) is 12.0 Å². The van der Waals surface area contributed by atoms with Crippen molar-refractivity contribution in [1.82, 2.24) is 5.32 Å². The highest BCUT2D eigenvalue weighted by Crippen LogP contribution is 2.28. The van der Waals surface area contributed by atoms with Crippen LogP contribution >= 0.6 is 0 Å². The van der Waals surface area contributed by atoms with Crippen LogP contribution in [0.1, 0.15) is 17.5 Å². The van der Waals surface area contributed by atoms with Gasteiger partial charge in [0.05, 0.1) is 5.69 Å². The lowest BCUT2D eigenvalue weighted by Gasteiger charge is -2.18. The van der Waals surface area contributed by atoms with Crippen LogP contribution in [0, 0.1) is 0 Å². The highest BCUT2D eigenvalue weighted by molar-refractivity contribution is 5.95. The maximum absolute atomic E-state index is 11.9. The van der Waals surface area contributed by atoms with Crippen molar-refractivity contribution in [3.63, 3.8) is 0 Å². The first-order chi connectivity index (χ1) is 11.7. The number of fused-ring (bicyclic) bond motifs is 1. The zero-order valence-electron chi connectivity index (χ0n) is 13.4. The molecule has 1 aliphatic heterocycles. The fourth-order valence-electron chi connectivity index (χ4n) is 2.62. The van der Waals surface area contributed by atoms with E-state index >= 15 is 0 Å². The first-order valence-electron chi connectivity index (χ1n) is 8.07. The number of benzene rings is 2. The van der Waals surface area contributed by atoms with Gasteiger partial charge in [-0.3, -0.25) is 9.59 Å². The van der Waals surface area contributed by atoms with E-state index in [1.807, 2.05) is 36.4 Å². The summed E-state index contributed by atoms with van der Waals surface area (Å²) in [5.74, 6) is 0.549. The molecule has 0 atom stereocenters. The Balaban J connectivity index is 1.44. The van der Waals surface area contributed by atoms with Crippen LogP contribution in [-0.2, 0) is 22.4 Å². The number of anilines is 1. The van der Waals surface area contributed by atoms with Gasteiger partial charge in [-0.2, -0.15) is 0 Å². The van der Waals surface area contributed by atoms with Gasteiger partial charge < -0.3 is 15.4 Å². The molecule has 5 nitrogen and oxygen atoms in total. The zero-order chi connectivity index (χ0) is 16.8. The largest absolute Gasteiger partial charge is 0.482 e. The lowest BCUT2D eigenvalue weighted by atomic mass is 10.1. The number of hydrogen-bond donors (Lipinski definition) is 2. The predicted molar refractivity (Wildman–Crippen MR) is 92.0 cm³/mol. The molecule has 0 aromatic heterocycles. The molecule has 2 amide bonds. The number of carbonyl (C=O) groups is 2. The Morgan fingerprint density at radius 1 is 1.08 bits per heavy atom. The topological polar surface area (TPSA) is 67.4 Å². The summed E-state index contributed by atoms with van der Waals surface area (Å²) in [7, 11) is 0. The number of nitrogens with one attached hydrogen (secondary N) is 2. The first kappa shape index (κ1) is 16.1. The molecular formula is C19H20N2O3. The van der Waals surface area contributed by atoms with Crippen molar-refractivity contribution >= 4 is 17.5 Å². The second kappa shape index (κ2) is 7.64. The third-order valence-electron chi connectivity index (χ3n) is 3.90. The second-order valence-corrected chi connectivity index (χ2v) is 5.75. The Hall–Kier alpha value is -2.82. The fraction of sp³-hybridized carbons (Fsp3) is 0.263. The number of carbonyl (C=O) groups excluding carboxylic acids is 2. The van der Waals surface area contributed by atoms with Gasteiger partial charge in [-0.1, -0.05) is 36.4 Å². The highest BCUT2D eigenvalue weighted by atomic mass is 16.5. The maximum atomic E-state index is 11.9. The van der Waals surface area contributed by atoms with E-state index in [0.29, 0.717) is 30.8 Å². The van der Waals surface area contributed by atoms with Crippen molar-refractivity contribution in [2.24, 2.45) is 0 Å². The molecule has 24 heavy (non-hydrogen) atoms. The molecule has 2 N–H and O–H groups in total. The molecule has 0 unspecified atom stereocenters. The van der Waals surface area contributed by atoms with Gasteiger partial charge in [-0.25, -0.2) is 0 Å². The van der Waals surface area contributed by atoms with E-state index in [2.05, 4.69) is 22.8 Å². The highest BCUT2D eigenvalue weighted by Gasteiger charge is 2.16. The molecule has 0 radical (unpaired) electrons. The molecule has 1 aliphatic rings. The van der Waals surface area contributed by atoms with Crippen LogP contribution < -0.4 is 15.4 Å². The van der Waals surface area contributed by atoms with E-state index in [4.69, 9.17) is 4.74 Å². The fourth-order valence-corrected chi connectivity index (χ4v) is 2.62. The summed E-state index contributed by atoms with van der Waals surface area (Å²) in [4.78, 5) is 23.3. The lowest BCUT2D eigenvalue weighted by molar-refractivity contribution is -0.121. The Morgan fingerprint density at radius 3 is 2.75 bits per heavy atom. The summed E-state index contributed by atoms with van der Waals surface area (Å²) in [5.41, 5.74) is 2.88. The van der Waals surface area contributed by atoms with Gasteiger partial charge in [0, 0.05) is 13.0 Å². The van der Waals surface area contributed by atoms with Gasteiger partial charge in [-0.15, -0.1) is 0 Å². The summed E-state index contributed by atoms with van der Waals surface area (Å²) >= 11 is 0. The minimum absolute atomic E-state index is 0.0314. The number of hydrogen-bond acceptors (Lipinski definition) is 3. The third kappa shape index (κ3) is 4.35. The van der Waals surface area contributed by atoms with Gasteiger partial charge in [0.15, 0.2) is 6.61 Å². The number of rotatable bonds is 6. The van der Waals surface area contributed by atoms with Crippen LogP contribution in [0.25, 0.3) is 0 Å². The van der Waals surface area contributed by atoms with Gasteiger partial charge in [0.25, 0.3) is 5.91 Å². The molecule has 0 spiro atoms. The average molecular weight is 324 g/mol. The van der Waals surface area contributed by atoms with Gasteiger partial charge in [0.1, 0.15) is 5.75 Å². The van der Waals surface area contributed by atoms with Crippen LogP contribution in [0.2, 0.25) is 0 Å². The summed E-state index contributed by atoms with van der Waals surface area (Å²) < 4.78 is 5.32. The summed E-state index contributed by atoms with van der Waals surface area (Å²) in [5, 5.41) is 5.71. The van der Waals surface area contributed by atoms with Crippen LogP contribution in [-0.4, -0.2) is 25.0 Å². The Bertz CT molecular complexity index is 729. The minimum Gasteiger partial charge on any atom is -0.482 e. The van der Waals surface area contributed by atoms with Crippen molar-refractivity contribution in [3.05, 3.63) is 59.7 Å². The Kier molecular flexibility index (Phi) is 5.11. The van der Waals surface area contributed by atoms with Gasteiger partial charge in [-0.05, 0) is 36.1 Å². The van der Waals surface area contributed by atoms with Crippen LogP contribution in [0.15, 0.2) is 48.5 Å². The first-order valence-corrected chi connectivity index (χ1v) is 8.07. The molecule has 1 heterocycles. The molecular weight excluding hydrogens is 304 g/mol. The molecule has 124 valence electrons. The van der Waals surface area contributed by atoms with Crippen molar-refractivity contribution in [2.75, 3.05) is 18.5 Å². The minimum atomic E-state index is -0.154. The van der Waals surface area contributed by atoms with Crippen LogP contribution in [0.4, 0.5) is 5.69 Å². The van der Waals surface area contributed by atoms with Crippen molar-refractivity contribution in [1.29, 1.82) is 0 Å². The molecule has 0 bridgehead atoms. The molecule has 5 heteroatoms. The lowest BCUT2D eigenvalue weighted by Crippen LogP contribution is -2.26. The number of ether oxygens (including phenoxy) is 1. The normalized spacial score (nSPS) is 12.8. The molecule has 0 saturated heterocycles. The molecule has 2 aromatic carbocycles. The van der Waals surface area contributed by atoms with Gasteiger partial charge in [0.2, 0.25) is 5.91 Å². The molecule has 0 fully saturated rings. The Labute approximate surface area is 141 Å². The van der Waals surface area contributed by atoms with Crippen LogP contribution in [0.5, 0.6) is 5.75 Å². The quantitative estimate of drug-likeness (QED) is 0.857. The monoisotopic (exact) mass is 324 g/mol. The summed E-state index contributed by atoms with van der Waals surface area (Å²) in [6, 6.07) is 15.7. The van der Waals surface area contributed by atoms with Crippen molar-refractivity contribution in [3.8, 4) is 5.75 Å². The van der Waals surface area contributed by atoms with Crippen LogP contribution in [0.3, 0.4) is 0 Å². The smallest absolute Gasteiger partial charge is 0.262 e. The second-order valence-electron chi connectivity index (χ2n) is 5.75. The molecule has 0 aliphatic carbocycles. The van der Waals surface area contributed by atoms with Crippen molar-refractivity contribution < 1.29 is 14.3 Å². The predicted octanol–water partition coefficient (Wildman–Crippen LogP) is 2.31. The van der Waals surface area contributed by atoms with E-state index < -0.39 is 0 Å². The standard InChI is InChI=1S/C19H20N2O3/c22-18(20-11-10-14-4-2-1-3-5-14)9-7-15-6-8-17-16(12-15)21-19(23)13-24-17/h1-6,8,12H,7,9-11,13H2,(H,20,22)(H,21,23). The zero-order valence-corrected chi connectivity index (χ0v) is 13.4. The van der Waals surface area contributed by atoms with Crippen molar-refractivity contribution in [2.45, 2.75) is 19.3 Å². The van der Waals surface area contributed by atoms with Gasteiger partial charge >= 0.3 is 0 Å². The summed E-state index contributed by atoms with van der Waals surface area (Å²) in [6.07, 6.45) is 1.87. The number of amides is 2. The van der Waals surface area contributed by atoms with E-state index in [-0.39, 0.29) is 18.4 Å². The number of aryl methyl sites for hydroxylation is 1. The molecule has 3 rings (SSSR count). The Morgan fingerprint density at radius 2 is 1.92 bits per heavy atom. The van der Waals surface area contributed by atoms with E-state index in [9.17, 15) is 9.59 Å². The average Bonchev–Trinajstić information content (AvgIpc) is 2.60. The third-order valence-corrected chi connectivity index (χ3v) is 3.90. The summed E-state index contributed by atoms with van der Waals surface area (Å²) in [6.45, 7) is 0.688. The SMILES string of the molecule is O=C(CCc1ccc2c(c1)NC(=O)CO2)NCCc1ccccc1. The van der Waals surface area contributed by atoms with E-state index in [1.54, 1.807) is 0 Å². The molecule has 2 aromatic rings. The van der Waals surface area contributed by atoms with E-state index in [1.165, 1.54) is 5.56 Å². The molecule has 0 saturated carbocycles.